The molecule has 0 radical (unpaired) electrons. The molecule has 0 N–H and O–H groups in total. The fourth-order valence-corrected chi connectivity index (χ4v) is 3.52. The summed E-state index contributed by atoms with van der Waals surface area (Å²) in [5.74, 6) is 3.61. The molecule has 2 atom stereocenters. The predicted octanol–water partition coefficient (Wildman–Crippen LogP) is 3.94. The lowest BCUT2D eigenvalue weighted by atomic mass is 10.0. The van der Waals surface area contributed by atoms with E-state index in [4.69, 9.17) is 0 Å². The number of hydrogen-bond donors (Lipinski definition) is 0. The summed E-state index contributed by atoms with van der Waals surface area (Å²) in [6.07, 6.45) is 4.30. The maximum Gasteiger partial charge on any atom is 0.00906 e. The molecule has 0 amide bonds. The first-order chi connectivity index (χ1) is 5.75. The van der Waals surface area contributed by atoms with Crippen LogP contribution in [0.2, 0.25) is 0 Å². The topological polar surface area (TPSA) is 0 Å². The minimum Gasteiger partial charge on any atom is -0.162 e. The normalized spacial score (nSPS) is 33.8. The summed E-state index contributed by atoms with van der Waals surface area (Å²) >= 11 is 5.71. The Morgan fingerprint density at radius 2 is 2.25 bits per heavy atom. The molecule has 1 saturated carbocycles. The van der Waals surface area contributed by atoms with Gasteiger partial charge in [-0.05, 0) is 42.1 Å². The highest BCUT2D eigenvalue weighted by atomic mass is 79.9. The van der Waals surface area contributed by atoms with E-state index in [1.165, 1.54) is 36.1 Å². The van der Waals surface area contributed by atoms with E-state index >= 15 is 0 Å². The molecule has 2 heteroatoms. The highest BCUT2D eigenvalue weighted by Crippen LogP contribution is 2.56. The molecule has 0 aliphatic heterocycles. The van der Waals surface area contributed by atoms with Gasteiger partial charge in [-0.2, -0.15) is 11.8 Å². The third kappa shape index (κ3) is 2.66. The first-order valence-electron chi connectivity index (χ1n) is 4.89. The molecule has 0 aromatic heterocycles. The van der Waals surface area contributed by atoms with Crippen LogP contribution in [0.25, 0.3) is 0 Å². The van der Waals surface area contributed by atoms with E-state index in [0.29, 0.717) is 5.41 Å². The fraction of sp³-hybridized carbons (Fsp3) is 1.00. The quantitative estimate of drug-likeness (QED) is 0.509. The molecule has 12 heavy (non-hydrogen) atoms. The third-order valence-electron chi connectivity index (χ3n) is 3.03. The van der Waals surface area contributed by atoms with Crippen LogP contribution in [0.3, 0.4) is 0 Å². The zero-order valence-corrected chi connectivity index (χ0v) is 10.5. The molecule has 0 aromatic carbocycles. The Bertz CT molecular complexity index is 134. The number of alkyl halides is 1. The fourth-order valence-electron chi connectivity index (χ4n) is 1.82. The molecule has 0 spiro atoms. The first kappa shape index (κ1) is 10.9. The summed E-state index contributed by atoms with van der Waals surface area (Å²) in [5.41, 5.74) is 0.703. The maximum atomic E-state index is 3.64. The molecule has 0 nitrogen and oxygen atoms in total. The Balaban J connectivity index is 2.06. The Labute approximate surface area is 89.0 Å². The molecule has 1 rings (SSSR count). The lowest BCUT2D eigenvalue weighted by Gasteiger charge is -2.11. The van der Waals surface area contributed by atoms with Crippen molar-refractivity contribution < 1.29 is 0 Å². The number of thioether (sulfide) groups is 1. The largest absolute Gasteiger partial charge is 0.162 e. The van der Waals surface area contributed by atoms with Gasteiger partial charge in [-0.1, -0.05) is 29.8 Å². The highest BCUT2D eigenvalue weighted by molar-refractivity contribution is 9.09. The van der Waals surface area contributed by atoms with Crippen molar-refractivity contribution in [3.63, 3.8) is 0 Å². The second-order valence-electron chi connectivity index (χ2n) is 3.90. The van der Waals surface area contributed by atoms with Crippen LogP contribution in [-0.4, -0.2) is 16.8 Å². The molecule has 0 heterocycles. The summed E-state index contributed by atoms with van der Waals surface area (Å²) in [7, 11) is 0. The van der Waals surface area contributed by atoms with Crippen LogP contribution >= 0.6 is 27.7 Å². The van der Waals surface area contributed by atoms with Crippen molar-refractivity contribution >= 4 is 27.7 Å². The van der Waals surface area contributed by atoms with Gasteiger partial charge in [-0.15, -0.1) is 0 Å². The van der Waals surface area contributed by atoms with Crippen molar-refractivity contribution in [2.45, 2.75) is 33.1 Å². The van der Waals surface area contributed by atoms with Crippen molar-refractivity contribution in [1.82, 2.24) is 0 Å². The Hall–Kier alpha value is 0.830. The van der Waals surface area contributed by atoms with Crippen LogP contribution in [0.4, 0.5) is 0 Å². The highest BCUT2D eigenvalue weighted by Gasteiger charge is 2.48. The van der Waals surface area contributed by atoms with Crippen LogP contribution in [0, 0.1) is 11.3 Å². The second kappa shape index (κ2) is 4.90. The van der Waals surface area contributed by atoms with Crippen LogP contribution in [0.5, 0.6) is 0 Å². The number of halogens is 1. The lowest BCUT2D eigenvalue weighted by molar-refractivity contribution is 0.483. The minimum atomic E-state index is 0.703. The molecule has 2 unspecified atom stereocenters. The molecule has 0 saturated heterocycles. The lowest BCUT2D eigenvalue weighted by Crippen LogP contribution is -2.05. The summed E-state index contributed by atoms with van der Waals surface area (Å²) in [5, 5.41) is 1.22. The maximum absolute atomic E-state index is 3.64. The van der Waals surface area contributed by atoms with E-state index in [9.17, 15) is 0 Å². The van der Waals surface area contributed by atoms with Crippen LogP contribution in [0.1, 0.15) is 33.1 Å². The van der Waals surface area contributed by atoms with Gasteiger partial charge in [0.05, 0.1) is 0 Å². The summed E-state index contributed by atoms with van der Waals surface area (Å²) in [6.45, 7) is 4.62. The van der Waals surface area contributed by atoms with Crippen molar-refractivity contribution in [3.05, 3.63) is 0 Å². The van der Waals surface area contributed by atoms with E-state index in [2.05, 4.69) is 41.5 Å². The predicted molar refractivity (Wildman–Crippen MR) is 62.2 cm³/mol. The van der Waals surface area contributed by atoms with Gasteiger partial charge in [-0.3, -0.25) is 0 Å². The molecule has 1 fully saturated rings. The van der Waals surface area contributed by atoms with Gasteiger partial charge in [0.15, 0.2) is 0 Å². The summed E-state index contributed by atoms with van der Waals surface area (Å²) < 4.78 is 0. The van der Waals surface area contributed by atoms with E-state index in [-0.39, 0.29) is 0 Å². The van der Waals surface area contributed by atoms with Gasteiger partial charge in [-0.25, -0.2) is 0 Å². The standard InChI is InChI=1S/C10H19BrS/c1-3-12-6-4-5-10(8-11)7-9(10)2/h9H,3-8H2,1-2H3. The van der Waals surface area contributed by atoms with E-state index in [0.717, 1.165) is 5.92 Å². The molecule has 0 aromatic rings. The van der Waals surface area contributed by atoms with Gasteiger partial charge in [0.25, 0.3) is 0 Å². The van der Waals surface area contributed by atoms with Crippen molar-refractivity contribution in [3.8, 4) is 0 Å². The van der Waals surface area contributed by atoms with Gasteiger partial charge >= 0.3 is 0 Å². The molecular weight excluding hydrogens is 232 g/mol. The molecular formula is C10H19BrS. The zero-order chi connectivity index (χ0) is 9.03. The van der Waals surface area contributed by atoms with Gasteiger partial charge in [0, 0.05) is 5.33 Å². The first-order valence-corrected chi connectivity index (χ1v) is 7.16. The van der Waals surface area contributed by atoms with Gasteiger partial charge < -0.3 is 0 Å². The molecule has 1 aliphatic carbocycles. The van der Waals surface area contributed by atoms with Gasteiger partial charge in [0.1, 0.15) is 0 Å². The summed E-state index contributed by atoms with van der Waals surface area (Å²) in [6, 6.07) is 0. The monoisotopic (exact) mass is 250 g/mol. The number of rotatable bonds is 6. The van der Waals surface area contributed by atoms with Crippen molar-refractivity contribution in [1.29, 1.82) is 0 Å². The number of hydrogen-bond acceptors (Lipinski definition) is 1. The van der Waals surface area contributed by atoms with E-state index in [1.54, 1.807) is 0 Å². The second-order valence-corrected chi connectivity index (χ2v) is 5.86. The van der Waals surface area contributed by atoms with E-state index in [1.807, 2.05) is 0 Å². The Kier molecular flexibility index (Phi) is 4.45. The van der Waals surface area contributed by atoms with Crippen molar-refractivity contribution in [2.24, 2.45) is 11.3 Å². The zero-order valence-electron chi connectivity index (χ0n) is 8.11. The van der Waals surface area contributed by atoms with Crippen LogP contribution < -0.4 is 0 Å². The average Bonchev–Trinajstić information content (AvgIpc) is 2.72. The molecule has 1 aliphatic rings. The molecule has 72 valence electrons. The van der Waals surface area contributed by atoms with E-state index < -0.39 is 0 Å². The van der Waals surface area contributed by atoms with Crippen LogP contribution in [-0.2, 0) is 0 Å². The average molecular weight is 251 g/mol. The minimum absolute atomic E-state index is 0.703. The smallest absolute Gasteiger partial charge is 0.00906 e. The Morgan fingerprint density at radius 3 is 2.67 bits per heavy atom. The Morgan fingerprint density at radius 1 is 1.58 bits per heavy atom. The summed E-state index contributed by atoms with van der Waals surface area (Å²) in [4.78, 5) is 0. The van der Waals surface area contributed by atoms with Gasteiger partial charge in [0.2, 0.25) is 0 Å². The third-order valence-corrected chi connectivity index (χ3v) is 5.13. The van der Waals surface area contributed by atoms with Crippen LogP contribution in [0.15, 0.2) is 0 Å². The van der Waals surface area contributed by atoms with Crippen molar-refractivity contribution in [2.75, 3.05) is 16.8 Å². The SMILES string of the molecule is CCSCCCC1(CBr)CC1C. The molecule has 0 bridgehead atoms.